The molecule has 0 saturated heterocycles. The van der Waals surface area contributed by atoms with Crippen LogP contribution in [0.2, 0.25) is 0 Å². The SMILES string of the molecule is Brc1cc[c]cc1.[MgH2]. The van der Waals surface area contributed by atoms with Gasteiger partial charge < -0.3 is 0 Å². The van der Waals surface area contributed by atoms with Crippen molar-refractivity contribution in [1.82, 2.24) is 0 Å². The van der Waals surface area contributed by atoms with E-state index in [0.29, 0.717) is 0 Å². The molecule has 0 unspecified atom stereocenters. The molecule has 1 rings (SSSR count). The normalized spacial score (nSPS) is 7.62. The smallest absolute Gasteiger partial charge is 0.0533 e. The second-order valence-corrected chi connectivity index (χ2v) is 2.13. The van der Waals surface area contributed by atoms with Crippen molar-refractivity contribution < 1.29 is 0 Å². The molecule has 1 aromatic rings. The summed E-state index contributed by atoms with van der Waals surface area (Å²) in [7, 11) is 0. The van der Waals surface area contributed by atoms with Gasteiger partial charge in [0.05, 0.1) is 0 Å². The third-order valence-electron chi connectivity index (χ3n) is 0.678. The Hall–Kier alpha value is 0.466. The van der Waals surface area contributed by atoms with E-state index in [2.05, 4.69) is 22.0 Å². The standard InChI is InChI=1S/C6H4Br.Mg.2H/c7-6-4-2-1-3-5-6;;;/h2-5H;;;. The van der Waals surface area contributed by atoms with Crippen molar-refractivity contribution in [2.45, 2.75) is 0 Å². The topological polar surface area (TPSA) is 0 Å². The van der Waals surface area contributed by atoms with Gasteiger partial charge in [0, 0.05) is 4.47 Å². The van der Waals surface area contributed by atoms with Crippen molar-refractivity contribution in [2.75, 3.05) is 0 Å². The molecule has 0 saturated carbocycles. The quantitative estimate of drug-likeness (QED) is 0.531. The minimum absolute atomic E-state index is 0. The molecule has 0 aliphatic carbocycles. The Morgan fingerprint density at radius 1 is 1.25 bits per heavy atom. The van der Waals surface area contributed by atoms with E-state index in [9.17, 15) is 0 Å². The minimum Gasteiger partial charge on any atom is -0.0533 e. The fourth-order valence-corrected chi connectivity index (χ4v) is 0.631. The average molecular weight is 182 g/mol. The van der Waals surface area contributed by atoms with Crippen LogP contribution in [-0.4, -0.2) is 23.1 Å². The lowest BCUT2D eigenvalue weighted by molar-refractivity contribution is 1.64. The van der Waals surface area contributed by atoms with Gasteiger partial charge in [0.1, 0.15) is 0 Å². The Morgan fingerprint density at radius 2 is 1.75 bits per heavy atom. The monoisotopic (exact) mass is 181 g/mol. The molecule has 0 atom stereocenters. The number of hydrogen-bond acceptors (Lipinski definition) is 0. The van der Waals surface area contributed by atoms with Gasteiger partial charge in [0.15, 0.2) is 0 Å². The highest BCUT2D eigenvalue weighted by Gasteiger charge is 1.74. The summed E-state index contributed by atoms with van der Waals surface area (Å²) >= 11 is 3.29. The van der Waals surface area contributed by atoms with Gasteiger partial charge in [-0.15, -0.1) is 0 Å². The molecule has 0 N–H and O–H groups in total. The zero-order valence-electron chi connectivity index (χ0n) is 3.69. The van der Waals surface area contributed by atoms with Crippen LogP contribution < -0.4 is 0 Å². The van der Waals surface area contributed by atoms with Crippen LogP contribution in [0.1, 0.15) is 0 Å². The van der Waals surface area contributed by atoms with E-state index in [1.807, 2.05) is 24.3 Å². The number of rotatable bonds is 0. The highest BCUT2D eigenvalue weighted by atomic mass is 79.9. The van der Waals surface area contributed by atoms with Gasteiger partial charge >= 0.3 is 23.1 Å². The Morgan fingerprint density at radius 3 is 2.00 bits per heavy atom. The Kier molecular flexibility index (Phi) is 4.61. The molecule has 2 heteroatoms. The van der Waals surface area contributed by atoms with E-state index in [-0.39, 0.29) is 23.1 Å². The highest BCUT2D eigenvalue weighted by Crippen LogP contribution is 2.04. The largest absolute Gasteiger partial charge is 0.316 e. The lowest BCUT2D eigenvalue weighted by Gasteiger charge is -1.79. The maximum Gasteiger partial charge on any atom is 0.316 e. The van der Waals surface area contributed by atoms with Crippen molar-refractivity contribution in [2.24, 2.45) is 0 Å². The molecule has 1 aromatic carbocycles. The van der Waals surface area contributed by atoms with Crippen molar-refractivity contribution in [3.8, 4) is 0 Å². The molecule has 0 bridgehead atoms. The van der Waals surface area contributed by atoms with Gasteiger partial charge in [-0.05, 0) is 18.2 Å². The fourth-order valence-electron chi connectivity index (χ4n) is 0.367. The molecular formula is C6H6BrMg. The molecule has 8 heavy (non-hydrogen) atoms. The molecule has 39 valence electrons. The first-order valence-corrected chi connectivity index (χ1v) is 2.80. The van der Waals surface area contributed by atoms with Crippen molar-refractivity contribution in [1.29, 1.82) is 0 Å². The maximum absolute atomic E-state index is 3.29. The van der Waals surface area contributed by atoms with Gasteiger partial charge in [0.2, 0.25) is 0 Å². The molecular weight excluding hydrogens is 176 g/mol. The lowest BCUT2D eigenvalue weighted by atomic mass is 10.4. The van der Waals surface area contributed by atoms with E-state index in [1.54, 1.807) is 0 Å². The van der Waals surface area contributed by atoms with E-state index >= 15 is 0 Å². The summed E-state index contributed by atoms with van der Waals surface area (Å²) in [4.78, 5) is 0. The van der Waals surface area contributed by atoms with Crippen LogP contribution in [0.5, 0.6) is 0 Å². The van der Waals surface area contributed by atoms with Crippen molar-refractivity contribution in [3.63, 3.8) is 0 Å². The summed E-state index contributed by atoms with van der Waals surface area (Å²) in [5.41, 5.74) is 0. The molecule has 0 aliphatic heterocycles. The van der Waals surface area contributed by atoms with Crippen LogP contribution in [0.25, 0.3) is 0 Å². The summed E-state index contributed by atoms with van der Waals surface area (Å²) in [6.07, 6.45) is 0. The Bertz CT molecular complexity index is 138. The molecule has 1 radical (unpaired) electrons. The molecule has 0 fully saturated rings. The first kappa shape index (κ1) is 8.47. The zero-order valence-corrected chi connectivity index (χ0v) is 5.27. The van der Waals surface area contributed by atoms with Crippen molar-refractivity contribution in [3.05, 3.63) is 34.8 Å². The first-order valence-electron chi connectivity index (χ1n) is 2.01. The molecule has 0 aliphatic rings. The molecule has 0 spiro atoms. The van der Waals surface area contributed by atoms with Crippen LogP contribution >= 0.6 is 15.9 Å². The second-order valence-electron chi connectivity index (χ2n) is 1.22. The Labute approximate surface area is 73.6 Å². The second kappa shape index (κ2) is 4.36. The maximum atomic E-state index is 3.29. The summed E-state index contributed by atoms with van der Waals surface area (Å²) in [6.45, 7) is 0. The Balaban J connectivity index is 0.000000490. The third-order valence-corrected chi connectivity index (χ3v) is 1.21. The third kappa shape index (κ3) is 2.70. The average Bonchev–Trinajstić information content (AvgIpc) is 1.69. The van der Waals surface area contributed by atoms with Crippen LogP contribution in [-0.2, 0) is 0 Å². The predicted molar refractivity (Wildman–Crippen MR) is 41.5 cm³/mol. The van der Waals surface area contributed by atoms with Crippen molar-refractivity contribution >= 4 is 39.0 Å². The van der Waals surface area contributed by atoms with Crippen LogP contribution in [0, 0.1) is 6.07 Å². The summed E-state index contributed by atoms with van der Waals surface area (Å²) in [6, 6.07) is 10.5. The molecule has 0 amide bonds. The van der Waals surface area contributed by atoms with Gasteiger partial charge in [-0.25, -0.2) is 0 Å². The van der Waals surface area contributed by atoms with Gasteiger partial charge in [-0.1, -0.05) is 28.1 Å². The van der Waals surface area contributed by atoms with Crippen LogP contribution in [0.3, 0.4) is 0 Å². The van der Waals surface area contributed by atoms with Gasteiger partial charge in [-0.3, -0.25) is 0 Å². The van der Waals surface area contributed by atoms with E-state index in [1.165, 1.54) is 0 Å². The van der Waals surface area contributed by atoms with E-state index < -0.39 is 0 Å². The minimum atomic E-state index is 0. The zero-order chi connectivity index (χ0) is 5.11. The predicted octanol–water partition coefficient (Wildman–Crippen LogP) is 1.33. The van der Waals surface area contributed by atoms with Crippen LogP contribution in [0.15, 0.2) is 28.7 Å². The van der Waals surface area contributed by atoms with Gasteiger partial charge in [0.25, 0.3) is 0 Å². The molecule has 0 aromatic heterocycles. The lowest BCUT2D eigenvalue weighted by Crippen LogP contribution is -1.56. The highest BCUT2D eigenvalue weighted by molar-refractivity contribution is 9.10. The summed E-state index contributed by atoms with van der Waals surface area (Å²) in [5, 5.41) is 0. The summed E-state index contributed by atoms with van der Waals surface area (Å²) < 4.78 is 1.10. The molecule has 0 nitrogen and oxygen atoms in total. The van der Waals surface area contributed by atoms with Crippen LogP contribution in [0.4, 0.5) is 0 Å². The first-order chi connectivity index (χ1) is 3.39. The van der Waals surface area contributed by atoms with E-state index in [4.69, 9.17) is 0 Å². The number of halogens is 1. The molecule has 0 heterocycles. The van der Waals surface area contributed by atoms with Gasteiger partial charge in [-0.2, -0.15) is 0 Å². The number of benzene rings is 1. The number of hydrogen-bond donors (Lipinski definition) is 0. The summed E-state index contributed by atoms with van der Waals surface area (Å²) in [5.74, 6) is 0. The fraction of sp³-hybridized carbons (Fsp3) is 0. The van der Waals surface area contributed by atoms with E-state index in [0.717, 1.165) is 4.47 Å².